The summed E-state index contributed by atoms with van der Waals surface area (Å²) in [6, 6.07) is 15.9. The minimum absolute atomic E-state index is 0.0270. The second kappa shape index (κ2) is 8.58. The maximum atomic E-state index is 13.9. The number of ether oxygens (including phenoxy) is 2. The third-order valence-electron chi connectivity index (χ3n) is 6.47. The Morgan fingerprint density at radius 2 is 1.91 bits per heavy atom. The Bertz CT molecular complexity index is 1210. The van der Waals surface area contributed by atoms with Crippen molar-refractivity contribution in [2.45, 2.75) is 50.3 Å². The number of aromatic nitrogens is 1. The highest BCUT2D eigenvalue weighted by atomic mass is 32.2. The number of aryl methyl sites for hydroxylation is 1. The molecule has 0 bridgehead atoms. The number of rotatable bonds is 5. The Labute approximate surface area is 199 Å². The first-order valence-corrected chi connectivity index (χ1v) is 12.8. The standard InChI is InChI=1S/C27H30N2O3S/c1-17(2)31-22-10-9-19(15-18(22)3)25(30)20-16-24(33-4)29-21-7-5-6-8-23(21)32-27(26(20)29)11-13-28-14-12-27/h5-10,15-17,28H,11-14H2,1-4H3. The number of piperidine rings is 1. The lowest BCUT2D eigenvalue weighted by molar-refractivity contribution is 0.0186. The molecule has 172 valence electrons. The topological polar surface area (TPSA) is 52.5 Å². The number of hydrogen-bond donors (Lipinski definition) is 1. The zero-order valence-corrected chi connectivity index (χ0v) is 20.4. The lowest BCUT2D eigenvalue weighted by atomic mass is 9.83. The summed E-state index contributed by atoms with van der Waals surface area (Å²) in [6.45, 7) is 7.72. The monoisotopic (exact) mass is 462 g/mol. The van der Waals surface area contributed by atoms with Crippen molar-refractivity contribution in [1.82, 2.24) is 9.88 Å². The Morgan fingerprint density at radius 1 is 1.15 bits per heavy atom. The summed E-state index contributed by atoms with van der Waals surface area (Å²) in [4.78, 5) is 13.9. The molecular formula is C27H30N2O3S. The van der Waals surface area contributed by atoms with Gasteiger partial charge in [-0.25, -0.2) is 0 Å². The third-order valence-corrected chi connectivity index (χ3v) is 7.19. The van der Waals surface area contributed by atoms with E-state index in [1.165, 1.54) is 0 Å². The SMILES string of the molecule is CSc1cc(C(=O)c2ccc(OC(C)C)c(C)c2)c2n1-c1ccccc1OC21CCNCC1. The van der Waals surface area contributed by atoms with Crippen molar-refractivity contribution in [2.75, 3.05) is 19.3 Å². The van der Waals surface area contributed by atoms with Crippen molar-refractivity contribution in [3.8, 4) is 17.2 Å². The second-order valence-corrected chi connectivity index (χ2v) is 9.90. The third kappa shape index (κ3) is 3.75. The zero-order chi connectivity index (χ0) is 23.2. The predicted octanol–water partition coefficient (Wildman–Crippen LogP) is 5.50. The van der Waals surface area contributed by atoms with Gasteiger partial charge in [0.1, 0.15) is 11.5 Å². The zero-order valence-electron chi connectivity index (χ0n) is 19.6. The predicted molar refractivity (Wildman–Crippen MR) is 132 cm³/mol. The van der Waals surface area contributed by atoms with Crippen LogP contribution in [0.3, 0.4) is 0 Å². The lowest BCUT2D eigenvalue weighted by Gasteiger charge is -2.43. The van der Waals surface area contributed by atoms with E-state index in [2.05, 4.69) is 22.2 Å². The van der Waals surface area contributed by atoms with Crippen LogP contribution in [-0.4, -0.2) is 35.8 Å². The molecule has 2 aromatic carbocycles. The molecule has 5 rings (SSSR count). The number of nitrogens with zero attached hydrogens (tertiary/aromatic N) is 1. The highest BCUT2D eigenvalue weighted by Gasteiger charge is 2.46. The summed E-state index contributed by atoms with van der Waals surface area (Å²) < 4.78 is 14.9. The summed E-state index contributed by atoms with van der Waals surface area (Å²) in [7, 11) is 0. The molecule has 1 saturated heterocycles. The molecule has 6 heteroatoms. The van der Waals surface area contributed by atoms with Gasteiger partial charge in [0, 0.05) is 24.0 Å². The minimum atomic E-state index is -0.520. The molecule has 0 amide bonds. The van der Waals surface area contributed by atoms with E-state index in [4.69, 9.17) is 9.47 Å². The Hall–Kier alpha value is -2.70. The van der Waals surface area contributed by atoms with Crippen LogP contribution in [0, 0.1) is 6.92 Å². The minimum Gasteiger partial charge on any atom is -0.491 e. The quantitative estimate of drug-likeness (QED) is 0.401. The van der Waals surface area contributed by atoms with Crippen LogP contribution in [0.2, 0.25) is 0 Å². The Balaban J connectivity index is 1.67. The molecule has 2 aliphatic heterocycles. The van der Waals surface area contributed by atoms with Gasteiger partial charge in [0.05, 0.1) is 22.5 Å². The molecule has 0 aliphatic carbocycles. The van der Waals surface area contributed by atoms with Gasteiger partial charge in [0.2, 0.25) is 0 Å². The van der Waals surface area contributed by atoms with Gasteiger partial charge in [-0.2, -0.15) is 0 Å². The fourth-order valence-electron chi connectivity index (χ4n) is 4.99. The summed E-state index contributed by atoms with van der Waals surface area (Å²) >= 11 is 1.66. The van der Waals surface area contributed by atoms with Crippen molar-refractivity contribution >= 4 is 17.5 Å². The first kappa shape index (κ1) is 22.1. The van der Waals surface area contributed by atoms with Crippen LogP contribution in [-0.2, 0) is 5.60 Å². The molecule has 33 heavy (non-hydrogen) atoms. The van der Waals surface area contributed by atoms with Gasteiger partial charge >= 0.3 is 0 Å². The van der Waals surface area contributed by atoms with E-state index in [9.17, 15) is 4.79 Å². The lowest BCUT2D eigenvalue weighted by Crippen LogP contribution is -2.47. The van der Waals surface area contributed by atoms with E-state index < -0.39 is 5.60 Å². The Kier molecular flexibility index (Phi) is 5.75. The van der Waals surface area contributed by atoms with Crippen molar-refractivity contribution in [1.29, 1.82) is 0 Å². The highest BCUT2D eigenvalue weighted by molar-refractivity contribution is 7.98. The molecule has 3 heterocycles. The molecule has 0 unspecified atom stereocenters. The van der Waals surface area contributed by atoms with E-state index in [1.54, 1.807) is 11.8 Å². The molecule has 2 aliphatic rings. The Morgan fingerprint density at radius 3 is 2.61 bits per heavy atom. The number of benzene rings is 2. The largest absolute Gasteiger partial charge is 0.491 e. The molecule has 5 nitrogen and oxygen atoms in total. The summed E-state index contributed by atoms with van der Waals surface area (Å²) in [5.41, 5.74) is 3.83. The van der Waals surface area contributed by atoms with E-state index in [1.807, 2.05) is 63.2 Å². The van der Waals surface area contributed by atoms with Crippen LogP contribution in [0.15, 0.2) is 53.6 Å². The molecule has 1 spiro atoms. The number of ketones is 1. The van der Waals surface area contributed by atoms with Crippen LogP contribution < -0.4 is 14.8 Å². The van der Waals surface area contributed by atoms with Crippen molar-refractivity contribution < 1.29 is 14.3 Å². The average Bonchev–Trinajstić information content (AvgIpc) is 3.21. The van der Waals surface area contributed by atoms with Crippen LogP contribution in [0.4, 0.5) is 0 Å². The van der Waals surface area contributed by atoms with Crippen LogP contribution in [0.25, 0.3) is 5.69 Å². The summed E-state index contributed by atoms with van der Waals surface area (Å²) in [5.74, 6) is 1.72. The van der Waals surface area contributed by atoms with Crippen LogP contribution in [0.1, 0.15) is 53.9 Å². The first-order chi connectivity index (χ1) is 15.9. The number of nitrogens with one attached hydrogen (secondary N) is 1. The molecule has 0 radical (unpaired) electrons. The van der Waals surface area contributed by atoms with Gasteiger partial charge in [-0.15, -0.1) is 11.8 Å². The van der Waals surface area contributed by atoms with E-state index in [0.717, 1.165) is 65.0 Å². The molecule has 1 fully saturated rings. The smallest absolute Gasteiger partial charge is 0.195 e. The normalized spacial score (nSPS) is 16.3. The van der Waals surface area contributed by atoms with Crippen molar-refractivity contribution in [2.24, 2.45) is 0 Å². The molecule has 0 saturated carbocycles. The number of para-hydroxylation sites is 2. The van der Waals surface area contributed by atoms with Crippen molar-refractivity contribution in [3.05, 3.63) is 70.9 Å². The fraction of sp³-hybridized carbons (Fsp3) is 0.370. The van der Waals surface area contributed by atoms with E-state index in [-0.39, 0.29) is 11.9 Å². The average molecular weight is 463 g/mol. The highest BCUT2D eigenvalue weighted by Crippen LogP contribution is 2.48. The fourth-order valence-corrected chi connectivity index (χ4v) is 5.60. The van der Waals surface area contributed by atoms with Gasteiger partial charge in [-0.3, -0.25) is 4.79 Å². The summed E-state index contributed by atoms with van der Waals surface area (Å²) in [5, 5.41) is 4.50. The summed E-state index contributed by atoms with van der Waals surface area (Å²) in [6.07, 6.45) is 3.79. The molecule has 0 atom stereocenters. The number of carbonyl (C=O) groups excluding carboxylic acids is 1. The van der Waals surface area contributed by atoms with Gasteiger partial charge in [-0.05, 0) is 82.1 Å². The maximum Gasteiger partial charge on any atom is 0.195 e. The van der Waals surface area contributed by atoms with Crippen LogP contribution in [0.5, 0.6) is 11.5 Å². The number of hydrogen-bond acceptors (Lipinski definition) is 5. The molecular weight excluding hydrogens is 432 g/mol. The number of fused-ring (bicyclic) bond motifs is 4. The van der Waals surface area contributed by atoms with E-state index in [0.29, 0.717) is 5.56 Å². The number of thioether (sulfide) groups is 1. The molecule has 1 N–H and O–H groups in total. The maximum absolute atomic E-state index is 13.9. The van der Waals surface area contributed by atoms with Gasteiger partial charge < -0.3 is 19.4 Å². The van der Waals surface area contributed by atoms with E-state index >= 15 is 0 Å². The van der Waals surface area contributed by atoms with Crippen LogP contribution >= 0.6 is 11.8 Å². The number of carbonyl (C=O) groups is 1. The first-order valence-electron chi connectivity index (χ1n) is 11.5. The van der Waals surface area contributed by atoms with Gasteiger partial charge in [-0.1, -0.05) is 12.1 Å². The van der Waals surface area contributed by atoms with Gasteiger partial charge in [0.25, 0.3) is 0 Å². The van der Waals surface area contributed by atoms with Gasteiger partial charge in [0.15, 0.2) is 11.4 Å². The van der Waals surface area contributed by atoms with Crippen molar-refractivity contribution in [3.63, 3.8) is 0 Å². The molecule has 3 aromatic rings. The second-order valence-electron chi connectivity index (χ2n) is 9.07. The molecule has 1 aromatic heterocycles.